The number of benzene rings is 3. The number of aromatic carboxylic acids is 1. The molecule has 33 heavy (non-hydrogen) atoms. The number of imide groups is 1. The zero-order chi connectivity index (χ0) is 23.0. The number of non-ortho nitro benzene ring substituents is 1. The molecule has 3 aromatic rings. The Bertz CT molecular complexity index is 1300. The average molecular weight is 440 g/mol. The van der Waals surface area contributed by atoms with Gasteiger partial charge in [0.15, 0.2) is 0 Å². The molecule has 1 heterocycles. The minimum absolute atomic E-state index is 0.256. The van der Waals surface area contributed by atoms with Crippen LogP contribution in [0.3, 0.4) is 0 Å². The summed E-state index contributed by atoms with van der Waals surface area (Å²) in [4.78, 5) is 50.9. The van der Waals surface area contributed by atoms with Gasteiger partial charge in [0.1, 0.15) is 0 Å². The molecule has 7 rings (SSSR count). The topological polar surface area (TPSA) is 118 Å². The molecule has 3 aliphatic carbocycles. The van der Waals surface area contributed by atoms with Gasteiger partial charge in [-0.15, -0.1) is 0 Å². The number of nitro benzene ring substituents is 1. The smallest absolute Gasteiger partial charge is 0.337 e. The van der Waals surface area contributed by atoms with Crippen molar-refractivity contribution in [2.75, 3.05) is 4.90 Å². The van der Waals surface area contributed by atoms with E-state index >= 15 is 0 Å². The van der Waals surface area contributed by atoms with Gasteiger partial charge >= 0.3 is 5.97 Å². The first kappa shape index (κ1) is 19.4. The second-order valence-corrected chi connectivity index (χ2v) is 8.54. The molecular formula is C25H16N2O6. The van der Waals surface area contributed by atoms with Crippen molar-refractivity contribution in [3.63, 3.8) is 0 Å². The van der Waals surface area contributed by atoms with Crippen molar-refractivity contribution in [2.24, 2.45) is 11.8 Å². The number of hydrogen-bond donors (Lipinski definition) is 1. The summed E-state index contributed by atoms with van der Waals surface area (Å²) >= 11 is 0. The van der Waals surface area contributed by atoms with Gasteiger partial charge in [-0.25, -0.2) is 9.69 Å². The van der Waals surface area contributed by atoms with E-state index in [2.05, 4.69) is 0 Å². The largest absolute Gasteiger partial charge is 0.478 e. The Morgan fingerprint density at radius 1 is 0.818 bits per heavy atom. The Labute approximate surface area is 187 Å². The molecule has 0 spiro atoms. The number of nitro groups is 1. The summed E-state index contributed by atoms with van der Waals surface area (Å²) in [5.41, 5.74) is 2.98. The number of rotatable bonds is 3. The average Bonchev–Trinajstić information content (AvgIpc) is 3.09. The first-order valence-electron chi connectivity index (χ1n) is 10.5. The van der Waals surface area contributed by atoms with Crippen molar-refractivity contribution in [2.45, 2.75) is 11.8 Å². The summed E-state index contributed by atoms with van der Waals surface area (Å²) in [5, 5.41) is 21.0. The Morgan fingerprint density at radius 2 is 1.27 bits per heavy atom. The quantitative estimate of drug-likeness (QED) is 0.377. The van der Waals surface area contributed by atoms with Gasteiger partial charge in [0.25, 0.3) is 5.69 Å². The van der Waals surface area contributed by atoms with Crippen LogP contribution in [0, 0.1) is 22.0 Å². The summed E-state index contributed by atoms with van der Waals surface area (Å²) < 4.78 is 0. The monoisotopic (exact) mass is 440 g/mol. The fraction of sp³-hybridized carbons (Fsp3) is 0.160. The highest BCUT2D eigenvalue weighted by atomic mass is 16.6. The Balaban J connectivity index is 1.57. The van der Waals surface area contributed by atoms with Crippen LogP contribution in [-0.2, 0) is 9.59 Å². The van der Waals surface area contributed by atoms with E-state index in [9.17, 15) is 29.6 Å². The van der Waals surface area contributed by atoms with Crippen LogP contribution in [0.25, 0.3) is 0 Å². The molecule has 2 atom stereocenters. The van der Waals surface area contributed by atoms with Gasteiger partial charge in [0.2, 0.25) is 11.8 Å². The molecule has 0 unspecified atom stereocenters. The molecule has 8 heteroatoms. The third-order valence-electron chi connectivity index (χ3n) is 7.11. The third-order valence-corrected chi connectivity index (χ3v) is 7.11. The second kappa shape index (κ2) is 6.59. The van der Waals surface area contributed by atoms with E-state index in [0.29, 0.717) is 0 Å². The van der Waals surface area contributed by atoms with Crippen LogP contribution in [0.4, 0.5) is 11.4 Å². The number of carboxylic acids is 1. The minimum atomic E-state index is -1.37. The fourth-order valence-electron chi connectivity index (χ4n) is 5.91. The lowest BCUT2D eigenvalue weighted by Gasteiger charge is -2.45. The Kier molecular flexibility index (Phi) is 3.86. The lowest BCUT2D eigenvalue weighted by molar-refractivity contribution is -0.384. The number of carbonyl (C=O) groups is 3. The molecule has 1 aliphatic heterocycles. The normalized spacial score (nSPS) is 24.3. The fourth-order valence-corrected chi connectivity index (χ4v) is 5.91. The molecule has 1 N–H and O–H groups in total. The number of carboxylic acid groups (broad SMARTS) is 1. The number of carbonyl (C=O) groups excluding carboxylic acids is 2. The molecule has 0 saturated carbocycles. The minimum Gasteiger partial charge on any atom is -0.478 e. The van der Waals surface area contributed by atoms with Gasteiger partial charge in [-0.3, -0.25) is 19.7 Å². The predicted octanol–water partition coefficient (Wildman–Crippen LogP) is 3.69. The molecule has 2 amide bonds. The van der Waals surface area contributed by atoms with Crippen LogP contribution >= 0.6 is 0 Å². The van der Waals surface area contributed by atoms with Gasteiger partial charge < -0.3 is 5.11 Å². The number of anilines is 1. The summed E-state index contributed by atoms with van der Waals surface area (Å²) in [7, 11) is 0. The molecule has 1 fully saturated rings. The number of amides is 2. The standard InChI is InChI=1S/C25H16N2O6/c28-23-21-19-13-5-1-2-6-14(13)20(16-8-4-3-7-15(16)19)22(21)24(29)26(23)18-11-12(27(32)33)9-10-17(18)25(30)31/h1-11,19-22H,(H,30,31)/t19?,20?,21-,22-/m0/s1. The Morgan fingerprint density at radius 3 is 1.67 bits per heavy atom. The summed E-state index contributed by atoms with van der Waals surface area (Å²) in [5.74, 6) is -4.51. The van der Waals surface area contributed by atoms with Crippen LogP contribution in [0.5, 0.6) is 0 Å². The van der Waals surface area contributed by atoms with Crippen molar-refractivity contribution < 1.29 is 24.4 Å². The summed E-state index contributed by atoms with van der Waals surface area (Å²) in [6.45, 7) is 0. The zero-order valence-corrected chi connectivity index (χ0v) is 17.0. The van der Waals surface area contributed by atoms with Crippen LogP contribution in [0.2, 0.25) is 0 Å². The van der Waals surface area contributed by atoms with Gasteiger partial charge in [0.05, 0.1) is 28.0 Å². The second-order valence-electron chi connectivity index (χ2n) is 8.54. The lowest BCUT2D eigenvalue weighted by atomic mass is 9.55. The van der Waals surface area contributed by atoms with Gasteiger partial charge in [0, 0.05) is 24.0 Å². The van der Waals surface area contributed by atoms with Crippen LogP contribution in [0.15, 0.2) is 66.7 Å². The summed E-state index contributed by atoms with van der Waals surface area (Å²) in [6, 6.07) is 18.6. The highest BCUT2D eigenvalue weighted by molar-refractivity contribution is 6.25. The van der Waals surface area contributed by atoms with Gasteiger partial charge in [-0.05, 0) is 28.3 Å². The van der Waals surface area contributed by atoms with Crippen molar-refractivity contribution in [3.05, 3.63) is 105 Å². The maximum absolute atomic E-state index is 13.8. The van der Waals surface area contributed by atoms with E-state index in [1.807, 2.05) is 48.5 Å². The molecule has 0 aromatic heterocycles. The van der Waals surface area contributed by atoms with Crippen LogP contribution in [-0.4, -0.2) is 27.8 Å². The molecule has 162 valence electrons. The highest BCUT2D eigenvalue weighted by Crippen LogP contribution is 2.61. The highest BCUT2D eigenvalue weighted by Gasteiger charge is 2.62. The van der Waals surface area contributed by atoms with Crippen LogP contribution in [0.1, 0.15) is 44.4 Å². The van der Waals surface area contributed by atoms with E-state index in [4.69, 9.17) is 0 Å². The van der Waals surface area contributed by atoms with Crippen molar-refractivity contribution in [3.8, 4) is 0 Å². The van der Waals surface area contributed by atoms with Crippen molar-refractivity contribution in [1.29, 1.82) is 0 Å². The first-order valence-corrected chi connectivity index (χ1v) is 10.5. The maximum atomic E-state index is 13.8. The molecule has 8 nitrogen and oxygen atoms in total. The van der Waals surface area contributed by atoms with Crippen LogP contribution < -0.4 is 4.90 Å². The van der Waals surface area contributed by atoms with E-state index in [0.717, 1.165) is 45.4 Å². The number of nitrogens with zero attached hydrogens (tertiary/aromatic N) is 2. The maximum Gasteiger partial charge on any atom is 0.337 e. The zero-order valence-electron chi connectivity index (χ0n) is 17.0. The molecule has 4 aliphatic rings. The molecule has 2 bridgehead atoms. The number of hydrogen-bond acceptors (Lipinski definition) is 5. The van der Waals surface area contributed by atoms with Crippen molar-refractivity contribution in [1.82, 2.24) is 0 Å². The molecule has 1 saturated heterocycles. The van der Waals surface area contributed by atoms with E-state index in [1.165, 1.54) is 0 Å². The Hall–Kier alpha value is -4.33. The SMILES string of the molecule is O=C(O)c1ccc([N+](=O)[O-])cc1N1C(=O)[C@H]2C3c4ccccc4C(c4ccccc43)[C@@H]2C1=O. The van der Waals surface area contributed by atoms with Gasteiger partial charge in [-0.2, -0.15) is 0 Å². The van der Waals surface area contributed by atoms with E-state index in [-0.39, 0.29) is 28.8 Å². The third kappa shape index (κ3) is 2.43. The lowest BCUT2D eigenvalue weighted by Crippen LogP contribution is -2.41. The first-order chi connectivity index (χ1) is 15.9. The van der Waals surface area contributed by atoms with E-state index < -0.39 is 34.5 Å². The molecule has 3 aromatic carbocycles. The summed E-state index contributed by atoms with van der Waals surface area (Å²) in [6.07, 6.45) is 0. The molecular weight excluding hydrogens is 424 g/mol. The van der Waals surface area contributed by atoms with Crippen molar-refractivity contribution >= 4 is 29.2 Å². The van der Waals surface area contributed by atoms with Gasteiger partial charge in [-0.1, -0.05) is 48.5 Å². The predicted molar refractivity (Wildman–Crippen MR) is 116 cm³/mol. The molecule has 0 radical (unpaired) electrons. The van der Waals surface area contributed by atoms with E-state index in [1.54, 1.807) is 0 Å².